The zero-order valence-corrected chi connectivity index (χ0v) is 16.6. The summed E-state index contributed by atoms with van der Waals surface area (Å²) in [6, 6.07) is 16.0. The Balaban J connectivity index is 1.36. The van der Waals surface area contributed by atoms with E-state index in [1.54, 1.807) is 17.4 Å². The number of rotatable bonds is 4. The fourth-order valence-corrected chi connectivity index (χ4v) is 4.83. The molecule has 1 atom stereocenters. The maximum atomic E-state index is 11.3. The van der Waals surface area contributed by atoms with E-state index in [0.29, 0.717) is 5.56 Å². The minimum absolute atomic E-state index is 0.289. The number of thiazole rings is 1. The molecule has 5 heteroatoms. The van der Waals surface area contributed by atoms with E-state index in [9.17, 15) is 9.90 Å². The van der Waals surface area contributed by atoms with Gasteiger partial charge in [0.2, 0.25) is 0 Å². The first kappa shape index (κ1) is 18.0. The van der Waals surface area contributed by atoms with E-state index in [1.165, 1.54) is 5.56 Å². The van der Waals surface area contributed by atoms with Gasteiger partial charge in [0.25, 0.3) is 0 Å². The molecule has 2 aromatic carbocycles. The SMILES string of the molecule is O=C(O)c1ccc2c(c1)CN(C1C=C(c3csc(-c4ccccc4)n3)C=CC1)C2. The number of hydrogen-bond donors (Lipinski definition) is 1. The van der Waals surface area contributed by atoms with Gasteiger partial charge in [0.1, 0.15) is 5.01 Å². The summed E-state index contributed by atoms with van der Waals surface area (Å²) in [5.41, 5.74) is 6.02. The summed E-state index contributed by atoms with van der Waals surface area (Å²) < 4.78 is 0. The lowest BCUT2D eigenvalue weighted by molar-refractivity contribution is 0.0696. The quantitative estimate of drug-likeness (QED) is 0.651. The van der Waals surface area contributed by atoms with Crippen LogP contribution in [0.25, 0.3) is 16.1 Å². The summed E-state index contributed by atoms with van der Waals surface area (Å²) in [4.78, 5) is 18.5. The Labute approximate surface area is 173 Å². The second kappa shape index (κ2) is 7.43. The van der Waals surface area contributed by atoms with E-state index >= 15 is 0 Å². The molecule has 1 aliphatic carbocycles. The van der Waals surface area contributed by atoms with Gasteiger partial charge in [-0.3, -0.25) is 4.90 Å². The van der Waals surface area contributed by atoms with Crippen molar-refractivity contribution in [3.63, 3.8) is 0 Å². The van der Waals surface area contributed by atoms with Gasteiger partial charge < -0.3 is 5.11 Å². The predicted octanol–water partition coefficient (Wildman–Crippen LogP) is 5.24. The molecule has 29 heavy (non-hydrogen) atoms. The Bertz CT molecular complexity index is 1130. The molecule has 1 unspecified atom stereocenters. The largest absolute Gasteiger partial charge is 0.478 e. The first-order chi connectivity index (χ1) is 14.2. The van der Waals surface area contributed by atoms with Gasteiger partial charge in [-0.2, -0.15) is 0 Å². The number of allylic oxidation sites excluding steroid dienone is 2. The summed E-state index contributed by atoms with van der Waals surface area (Å²) in [5, 5.41) is 12.4. The number of fused-ring (bicyclic) bond motifs is 1. The second-order valence-corrected chi connectivity index (χ2v) is 8.28. The molecule has 3 aromatic rings. The molecule has 0 saturated carbocycles. The van der Waals surface area contributed by atoms with Crippen molar-refractivity contribution in [1.82, 2.24) is 9.88 Å². The fraction of sp³-hybridized carbons (Fsp3) is 0.167. The summed E-state index contributed by atoms with van der Waals surface area (Å²) in [7, 11) is 0. The number of aromatic nitrogens is 1. The molecule has 0 radical (unpaired) electrons. The molecule has 0 bridgehead atoms. The van der Waals surface area contributed by atoms with Crippen molar-refractivity contribution in [3.05, 3.63) is 94.5 Å². The average molecular weight is 401 g/mol. The molecule has 0 amide bonds. The van der Waals surface area contributed by atoms with Gasteiger partial charge in [-0.25, -0.2) is 9.78 Å². The lowest BCUT2D eigenvalue weighted by atomic mass is 10.00. The fourth-order valence-electron chi connectivity index (χ4n) is 4.00. The molecule has 144 valence electrons. The van der Waals surface area contributed by atoms with Crippen molar-refractivity contribution in [2.75, 3.05) is 0 Å². The third-order valence-electron chi connectivity index (χ3n) is 5.54. The van der Waals surface area contributed by atoms with Crippen molar-refractivity contribution in [2.45, 2.75) is 25.6 Å². The highest BCUT2D eigenvalue weighted by Gasteiger charge is 2.26. The molecular weight excluding hydrogens is 380 g/mol. The highest BCUT2D eigenvalue weighted by Crippen LogP contribution is 2.32. The highest BCUT2D eigenvalue weighted by atomic mass is 32.1. The van der Waals surface area contributed by atoms with E-state index in [4.69, 9.17) is 4.98 Å². The monoisotopic (exact) mass is 400 g/mol. The van der Waals surface area contributed by atoms with Crippen LogP contribution in [0.4, 0.5) is 0 Å². The first-order valence-electron chi connectivity index (χ1n) is 9.66. The van der Waals surface area contributed by atoms with Gasteiger partial charge in [-0.05, 0) is 35.3 Å². The van der Waals surface area contributed by atoms with E-state index in [2.05, 4.69) is 40.6 Å². The number of aromatic carboxylic acids is 1. The smallest absolute Gasteiger partial charge is 0.335 e. The Morgan fingerprint density at radius 2 is 1.93 bits per heavy atom. The van der Waals surface area contributed by atoms with Gasteiger partial charge in [0, 0.05) is 30.1 Å². The van der Waals surface area contributed by atoms with Crippen molar-refractivity contribution in [3.8, 4) is 10.6 Å². The van der Waals surface area contributed by atoms with E-state index < -0.39 is 5.97 Å². The third-order valence-corrected chi connectivity index (χ3v) is 6.43. The molecular formula is C24H20N2O2S. The van der Waals surface area contributed by atoms with E-state index in [1.807, 2.05) is 30.3 Å². The van der Waals surface area contributed by atoms with E-state index in [-0.39, 0.29) is 6.04 Å². The van der Waals surface area contributed by atoms with Crippen LogP contribution in [-0.4, -0.2) is 27.0 Å². The van der Waals surface area contributed by atoms with Crippen LogP contribution in [0, 0.1) is 0 Å². The number of hydrogen-bond acceptors (Lipinski definition) is 4. The molecule has 0 spiro atoms. The molecule has 2 heterocycles. The minimum atomic E-state index is -0.869. The minimum Gasteiger partial charge on any atom is -0.478 e. The van der Waals surface area contributed by atoms with Crippen molar-refractivity contribution in [2.24, 2.45) is 0 Å². The summed E-state index contributed by atoms with van der Waals surface area (Å²) in [6.45, 7) is 1.63. The van der Waals surface area contributed by atoms with Crippen LogP contribution >= 0.6 is 11.3 Å². The van der Waals surface area contributed by atoms with Crippen molar-refractivity contribution < 1.29 is 9.90 Å². The van der Waals surface area contributed by atoms with E-state index in [0.717, 1.165) is 46.9 Å². The number of benzene rings is 2. The predicted molar refractivity (Wildman–Crippen MR) is 116 cm³/mol. The Morgan fingerprint density at radius 3 is 2.76 bits per heavy atom. The zero-order valence-electron chi connectivity index (χ0n) is 15.8. The van der Waals surface area contributed by atoms with Gasteiger partial charge >= 0.3 is 5.97 Å². The molecule has 1 aromatic heterocycles. The molecule has 0 saturated heterocycles. The Hall–Kier alpha value is -3.02. The number of carboxylic acid groups (broad SMARTS) is 1. The maximum absolute atomic E-state index is 11.3. The van der Waals surface area contributed by atoms with Crippen LogP contribution in [-0.2, 0) is 13.1 Å². The second-order valence-electron chi connectivity index (χ2n) is 7.42. The van der Waals surface area contributed by atoms with Gasteiger partial charge in [-0.1, -0.05) is 54.6 Å². The molecule has 1 aliphatic heterocycles. The third kappa shape index (κ3) is 3.55. The molecule has 0 fully saturated rings. The Morgan fingerprint density at radius 1 is 1.10 bits per heavy atom. The van der Waals surface area contributed by atoms with Crippen LogP contribution in [0.3, 0.4) is 0 Å². The number of nitrogens with zero attached hydrogens (tertiary/aromatic N) is 2. The maximum Gasteiger partial charge on any atom is 0.335 e. The van der Waals surface area contributed by atoms with Crippen LogP contribution in [0.15, 0.2) is 72.1 Å². The molecule has 2 aliphatic rings. The number of carbonyl (C=O) groups is 1. The van der Waals surface area contributed by atoms with Gasteiger partial charge in [0.15, 0.2) is 0 Å². The lowest BCUT2D eigenvalue weighted by Crippen LogP contribution is -2.29. The topological polar surface area (TPSA) is 53.4 Å². The lowest BCUT2D eigenvalue weighted by Gasteiger charge is -2.26. The first-order valence-corrected chi connectivity index (χ1v) is 10.5. The van der Waals surface area contributed by atoms with Crippen LogP contribution in [0.1, 0.15) is 33.6 Å². The summed E-state index contributed by atoms with van der Waals surface area (Å²) in [5.74, 6) is -0.869. The zero-order chi connectivity index (χ0) is 19.8. The molecule has 4 nitrogen and oxygen atoms in total. The normalized spacial score (nSPS) is 18.5. The summed E-state index contributed by atoms with van der Waals surface area (Å²) in [6.07, 6.45) is 7.63. The van der Waals surface area contributed by atoms with Gasteiger partial charge in [-0.15, -0.1) is 11.3 Å². The summed E-state index contributed by atoms with van der Waals surface area (Å²) >= 11 is 1.67. The van der Waals surface area contributed by atoms with Crippen molar-refractivity contribution in [1.29, 1.82) is 0 Å². The average Bonchev–Trinajstić information content (AvgIpc) is 3.41. The molecule has 1 N–H and O–H groups in total. The van der Waals surface area contributed by atoms with Crippen LogP contribution in [0.2, 0.25) is 0 Å². The van der Waals surface area contributed by atoms with Crippen molar-refractivity contribution >= 4 is 22.9 Å². The molecule has 5 rings (SSSR count). The van der Waals surface area contributed by atoms with Crippen LogP contribution in [0.5, 0.6) is 0 Å². The Kier molecular flexibility index (Phi) is 4.62. The standard InChI is InChI=1S/C24H20N2O2S/c27-24(28)18-9-10-19-13-26(14-20(19)11-18)21-8-4-7-17(12-21)22-15-29-23(25-22)16-5-2-1-3-6-16/h1-7,9-12,15,21H,8,13-14H2,(H,27,28). The van der Waals surface area contributed by atoms with Crippen LogP contribution < -0.4 is 0 Å². The number of carboxylic acids is 1. The highest BCUT2D eigenvalue weighted by molar-refractivity contribution is 7.13. The van der Waals surface area contributed by atoms with Gasteiger partial charge in [0.05, 0.1) is 11.3 Å².